The molecular formula is C11H15BrN2O4S. The lowest BCUT2D eigenvalue weighted by atomic mass is 10.1. The Morgan fingerprint density at radius 2 is 2.16 bits per heavy atom. The van der Waals surface area contributed by atoms with Gasteiger partial charge in [0, 0.05) is 11.0 Å². The second kappa shape index (κ2) is 6.88. The Labute approximate surface area is 120 Å². The molecule has 0 amide bonds. The topological polar surface area (TPSA) is 109 Å². The largest absolute Gasteiger partial charge is 0.480 e. The average Bonchev–Trinajstić information content (AvgIpc) is 2.28. The minimum atomic E-state index is -3.39. The summed E-state index contributed by atoms with van der Waals surface area (Å²) in [5, 5.41) is 9.07. The van der Waals surface area contributed by atoms with Crippen molar-refractivity contribution in [1.29, 1.82) is 0 Å². The number of aliphatic carboxylic acids is 1. The monoisotopic (exact) mass is 350 g/mol. The second-order valence-electron chi connectivity index (χ2n) is 3.96. The molecule has 0 heterocycles. The number of carbonyl (C=O) groups is 1. The fourth-order valence-corrected chi connectivity index (χ4v) is 3.51. The Morgan fingerprint density at radius 1 is 1.47 bits per heavy atom. The molecule has 1 aromatic rings. The van der Waals surface area contributed by atoms with Gasteiger partial charge in [-0.1, -0.05) is 28.1 Å². The van der Waals surface area contributed by atoms with Crippen LogP contribution in [0.15, 0.2) is 24.3 Å². The van der Waals surface area contributed by atoms with Gasteiger partial charge < -0.3 is 10.8 Å². The smallest absolute Gasteiger partial charge is 0.320 e. The molecule has 0 aliphatic carbocycles. The third-order valence-electron chi connectivity index (χ3n) is 2.32. The zero-order valence-electron chi connectivity index (χ0n) is 10.0. The number of nitrogens with one attached hydrogen (secondary N) is 1. The zero-order valence-corrected chi connectivity index (χ0v) is 12.4. The fraction of sp³-hybridized carbons (Fsp3) is 0.364. The number of rotatable bonds is 7. The molecule has 0 saturated carbocycles. The first kappa shape index (κ1) is 15.9. The van der Waals surface area contributed by atoms with Gasteiger partial charge in [-0.05, 0) is 24.1 Å². The summed E-state index contributed by atoms with van der Waals surface area (Å²) in [6, 6.07) is 5.52. The van der Waals surface area contributed by atoms with E-state index in [2.05, 4.69) is 20.7 Å². The third-order valence-corrected chi connectivity index (χ3v) is 4.53. The normalized spacial score (nSPS) is 12.9. The molecule has 1 atom stereocenters. The summed E-state index contributed by atoms with van der Waals surface area (Å²) in [5.41, 5.74) is 6.49. The van der Waals surface area contributed by atoms with Crippen molar-refractivity contribution >= 4 is 37.6 Å². The van der Waals surface area contributed by atoms with Crippen LogP contribution in [0.25, 0.3) is 0 Å². The van der Waals surface area contributed by atoms with Crippen molar-refractivity contribution in [1.82, 2.24) is 0 Å². The SMILES string of the molecule is N[C@@H](Cc1cccc(NS(=O)(=O)CCBr)c1)C(=O)O. The van der Waals surface area contributed by atoms with Crippen molar-refractivity contribution in [2.75, 3.05) is 15.8 Å². The van der Waals surface area contributed by atoms with Crippen LogP contribution in [0.5, 0.6) is 0 Å². The number of nitrogens with two attached hydrogens (primary N) is 1. The van der Waals surface area contributed by atoms with Crippen LogP contribution < -0.4 is 10.5 Å². The van der Waals surface area contributed by atoms with E-state index in [0.717, 1.165) is 0 Å². The Morgan fingerprint density at radius 3 is 2.74 bits per heavy atom. The fourth-order valence-electron chi connectivity index (χ4n) is 1.44. The van der Waals surface area contributed by atoms with E-state index < -0.39 is 22.0 Å². The predicted octanol–water partition coefficient (Wildman–Crippen LogP) is 0.778. The Bertz CT molecular complexity index is 547. The molecule has 4 N–H and O–H groups in total. The van der Waals surface area contributed by atoms with Crippen LogP contribution in [-0.4, -0.2) is 36.6 Å². The summed E-state index contributed by atoms with van der Waals surface area (Å²) in [4.78, 5) is 10.7. The van der Waals surface area contributed by atoms with Crippen molar-refractivity contribution in [3.8, 4) is 0 Å². The van der Waals surface area contributed by atoms with Gasteiger partial charge in [0.1, 0.15) is 6.04 Å². The van der Waals surface area contributed by atoms with Crippen LogP contribution in [0.4, 0.5) is 5.69 Å². The van der Waals surface area contributed by atoms with E-state index in [1.165, 1.54) is 0 Å². The first-order valence-corrected chi connectivity index (χ1v) is 8.25. The lowest BCUT2D eigenvalue weighted by Gasteiger charge is -2.10. The summed E-state index contributed by atoms with van der Waals surface area (Å²) < 4.78 is 25.6. The highest BCUT2D eigenvalue weighted by molar-refractivity contribution is 9.09. The van der Waals surface area contributed by atoms with E-state index in [0.29, 0.717) is 16.6 Å². The number of alkyl halides is 1. The molecule has 19 heavy (non-hydrogen) atoms. The van der Waals surface area contributed by atoms with Gasteiger partial charge in [-0.2, -0.15) is 0 Å². The van der Waals surface area contributed by atoms with Gasteiger partial charge in [0.25, 0.3) is 0 Å². The Kier molecular flexibility index (Phi) is 5.77. The highest BCUT2D eigenvalue weighted by Gasteiger charge is 2.13. The van der Waals surface area contributed by atoms with Gasteiger partial charge in [-0.3, -0.25) is 9.52 Å². The van der Waals surface area contributed by atoms with E-state index in [1.54, 1.807) is 24.3 Å². The molecular weight excluding hydrogens is 336 g/mol. The molecule has 8 heteroatoms. The molecule has 0 aromatic heterocycles. The van der Waals surface area contributed by atoms with Crippen LogP contribution in [0, 0.1) is 0 Å². The van der Waals surface area contributed by atoms with E-state index in [1.807, 2.05) is 0 Å². The third kappa shape index (κ3) is 5.58. The molecule has 0 bridgehead atoms. The van der Waals surface area contributed by atoms with Crippen LogP contribution in [0.3, 0.4) is 0 Å². The summed E-state index contributed by atoms with van der Waals surface area (Å²) in [6.07, 6.45) is 0.142. The summed E-state index contributed by atoms with van der Waals surface area (Å²) >= 11 is 3.06. The van der Waals surface area contributed by atoms with Crippen LogP contribution in [0.1, 0.15) is 5.56 Å². The van der Waals surface area contributed by atoms with Crippen LogP contribution in [-0.2, 0) is 21.2 Å². The number of carboxylic acid groups (broad SMARTS) is 1. The Hall–Kier alpha value is -1.12. The molecule has 6 nitrogen and oxygen atoms in total. The number of benzene rings is 1. The Balaban J connectivity index is 2.80. The minimum Gasteiger partial charge on any atom is -0.480 e. The van der Waals surface area contributed by atoms with Crippen molar-refractivity contribution in [3.05, 3.63) is 29.8 Å². The van der Waals surface area contributed by atoms with Gasteiger partial charge in [-0.15, -0.1) is 0 Å². The molecule has 1 aromatic carbocycles. The number of sulfonamides is 1. The summed E-state index contributed by atoms with van der Waals surface area (Å²) in [5.74, 6) is -1.13. The van der Waals surface area contributed by atoms with Gasteiger partial charge in [0.05, 0.1) is 5.75 Å². The molecule has 0 fully saturated rings. The van der Waals surface area contributed by atoms with E-state index >= 15 is 0 Å². The van der Waals surface area contributed by atoms with Gasteiger partial charge in [0.15, 0.2) is 0 Å². The van der Waals surface area contributed by atoms with Crippen molar-refractivity contribution in [2.45, 2.75) is 12.5 Å². The quantitative estimate of drug-likeness (QED) is 0.629. The number of halogens is 1. The van der Waals surface area contributed by atoms with Crippen LogP contribution in [0.2, 0.25) is 0 Å². The van der Waals surface area contributed by atoms with E-state index in [9.17, 15) is 13.2 Å². The summed E-state index contributed by atoms with van der Waals surface area (Å²) in [6.45, 7) is 0. The minimum absolute atomic E-state index is 0.0358. The first-order valence-electron chi connectivity index (χ1n) is 5.48. The van der Waals surface area contributed by atoms with E-state index in [-0.39, 0.29) is 12.2 Å². The van der Waals surface area contributed by atoms with Crippen molar-refractivity contribution in [3.63, 3.8) is 0 Å². The number of anilines is 1. The van der Waals surface area contributed by atoms with Gasteiger partial charge in [0.2, 0.25) is 10.0 Å². The summed E-state index contributed by atoms with van der Waals surface area (Å²) in [7, 11) is -3.39. The second-order valence-corrected chi connectivity index (χ2v) is 6.59. The zero-order chi connectivity index (χ0) is 14.5. The van der Waals surface area contributed by atoms with Gasteiger partial charge in [-0.25, -0.2) is 8.42 Å². The highest BCUT2D eigenvalue weighted by Crippen LogP contribution is 2.14. The molecule has 1 rings (SSSR count). The molecule has 0 aliphatic heterocycles. The molecule has 0 spiro atoms. The average molecular weight is 351 g/mol. The molecule has 0 unspecified atom stereocenters. The van der Waals surface area contributed by atoms with Crippen LogP contribution >= 0.6 is 15.9 Å². The molecule has 0 radical (unpaired) electrons. The predicted molar refractivity (Wildman–Crippen MR) is 77.0 cm³/mol. The number of carboxylic acids is 1. The van der Waals surface area contributed by atoms with E-state index in [4.69, 9.17) is 10.8 Å². The van der Waals surface area contributed by atoms with Crippen molar-refractivity contribution < 1.29 is 18.3 Å². The lowest BCUT2D eigenvalue weighted by Crippen LogP contribution is -2.32. The maximum Gasteiger partial charge on any atom is 0.320 e. The number of hydrogen-bond acceptors (Lipinski definition) is 4. The first-order chi connectivity index (χ1) is 8.84. The van der Waals surface area contributed by atoms with Gasteiger partial charge >= 0.3 is 5.97 Å². The molecule has 0 aliphatic rings. The molecule has 0 saturated heterocycles. The maximum absolute atomic E-state index is 11.6. The highest BCUT2D eigenvalue weighted by atomic mass is 79.9. The number of hydrogen-bond donors (Lipinski definition) is 3. The molecule has 106 valence electrons. The van der Waals surface area contributed by atoms with Crippen molar-refractivity contribution in [2.24, 2.45) is 5.73 Å². The lowest BCUT2D eigenvalue weighted by molar-refractivity contribution is -0.138. The standard InChI is InChI=1S/C11H15BrN2O4S/c12-4-5-19(17,18)14-9-3-1-2-8(6-9)7-10(13)11(15)16/h1-3,6,10,14H,4-5,7,13H2,(H,15,16)/t10-/m0/s1. The maximum atomic E-state index is 11.6.